The van der Waals surface area contributed by atoms with Crippen molar-refractivity contribution in [3.63, 3.8) is 0 Å². The molecule has 0 aromatic heterocycles. The molecule has 6 heteroatoms. The average molecular weight is 236 g/mol. The molecular formula is C10H14F2O4. The second-order valence-electron chi connectivity index (χ2n) is 3.86. The summed E-state index contributed by atoms with van der Waals surface area (Å²) in [4.78, 5) is 22.9. The molecule has 1 heterocycles. The first kappa shape index (κ1) is 13.0. The van der Waals surface area contributed by atoms with Crippen molar-refractivity contribution in [2.24, 2.45) is 5.92 Å². The summed E-state index contributed by atoms with van der Waals surface area (Å²) in [5.74, 6) is -2.58. The molecule has 0 spiro atoms. The zero-order valence-corrected chi connectivity index (χ0v) is 9.33. The van der Waals surface area contributed by atoms with Crippen LogP contribution >= 0.6 is 0 Å². The van der Waals surface area contributed by atoms with Crippen molar-refractivity contribution in [3.8, 4) is 0 Å². The molecule has 0 radical (unpaired) electrons. The second-order valence-corrected chi connectivity index (χ2v) is 3.86. The summed E-state index contributed by atoms with van der Waals surface area (Å²) < 4.78 is 34.9. The molecule has 1 saturated heterocycles. The molecule has 92 valence electrons. The lowest BCUT2D eigenvalue weighted by Crippen LogP contribution is -2.40. The van der Waals surface area contributed by atoms with E-state index in [0.29, 0.717) is 0 Å². The Morgan fingerprint density at radius 3 is 2.56 bits per heavy atom. The maximum absolute atomic E-state index is 12.7. The van der Waals surface area contributed by atoms with Crippen LogP contribution in [0.2, 0.25) is 0 Å². The minimum Gasteiger partial charge on any atom is -0.464 e. The van der Waals surface area contributed by atoms with Crippen LogP contribution in [0.15, 0.2) is 0 Å². The predicted octanol–water partition coefficient (Wildman–Crippen LogP) is 1.18. The van der Waals surface area contributed by atoms with Gasteiger partial charge in [-0.2, -0.15) is 0 Å². The molecule has 0 aromatic rings. The minimum atomic E-state index is -2.83. The van der Waals surface area contributed by atoms with Crippen molar-refractivity contribution in [1.29, 1.82) is 0 Å². The van der Waals surface area contributed by atoms with Gasteiger partial charge in [-0.3, -0.25) is 4.79 Å². The van der Waals surface area contributed by atoms with Crippen LogP contribution in [0, 0.1) is 5.92 Å². The summed E-state index contributed by atoms with van der Waals surface area (Å²) in [6.07, 6.45) is -4.35. The highest BCUT2D eigenvalue weighted by Gasteiger charge is 2.57. The number of esters is 1. The van der Waals surface area contributed by atoms with E-state index >= 15 is 0 Å². The number of alkyl halides is 2. The maximum atomic E-state index is 12.7. The number of halogens is 2. The zero-order chi connectivity index (χ0) is 12.5. The summed E-state index contributed by atoms with van der Waals surface area (Å²) in [6, 6.07) is 0. The van der Waals surface area contributed by atoms with Crippen molar-refractivity contribution in [2.75, 3.05) is 6.61 Å². The normalized spacial score (nSPS) is 34.5. The SMILES string of the molecule is CCOC(=O)C1OC(C)(C(F)F)C(C)C1=O. The Balaban J connectivity index is 2.87. The number of hydrogen-bond donors (Lipinski definition) is 0. The largest absolute Gasteiger partial charge is 0.464 e. The Labute approximate surface area is 91.9 Å². The Hall–Kier alpha value is -1.04. The van der Waals surface area contributed by atoms with E-state index in [1.165, 1.54) is 6.92 Å². The fraction of sp³-hybridized carbons (Fsp3) is 0.800. The molecule has 0 saturated carbocycles. The fourth-order valence-electron chi connectivity index (χ4n) is 1.55. The van der Waals surface area contributed by atoms with E-state index in [0.717, 1.165) is 6.92 Å². The van der Waals surface area contributed by atoms with Gasteiger partial charge in [-0.15, -0.1) is 0 Å². The molecule has 1 rings (SSSR count). The van der Waals surface area contributed by atoms with Gasteiger partial charge in [-0.05, 0) is 13.8 Å². The van der Waals surface area contributed by atoms with Crippen LogP contribution in [0.3, 0.4) is 0 Å². The van der Waals surface area contributed by atoms with E-state index in [1.807, 2.05) is 0 Å². The first-order valence-corrected chi connectivity index (χ1v) is 5.01. The molecule has 3 unspecified atom stereocenters. The monoisotopic (exact) mass is 236 g/mol. The maximum Gasteiger partial charge on any atom is 0.343 e. The third-order valence-corrected chi connectivity index (χ3v) is 2.85. The molecule has 0 aliphatic carbocycles. The molecule has 16 heavy (non-hydrogen) atoms. The predicted molar refractivity (Wildman–Crippen MR) is 50.1 cm³/mol. The van der Waals surface area contributed by atoms with Crippen LogP contribution in [0.4, 0.5) is 8.78 Å². The number of Topliss-reactive ketones (excluding diaryl/α,β-unsaturated/α-hetero) is 1. The quantitative estimate of drug-likeness (QED) is 0.545. The Morgan fingerprint density at radius 1 is 1.62 bits per heavy atom. The molecule has 4 nitrogen and oxygen atoms in total. The molecule has 3 atom stereocenters. The van der Waals surface area contributed by atoms with Gasteiger partial charge in [0.15, 0.2) is 5.78 Å². The lowest BCUT2D eigenvalue weighted by Gasteiger charge is -2.25. The van der Waals surface area contributed by atoms with E-state index in [9.17, 15) is 18.4 Å². The highest BCUT2D eigenvalue weighted by molar-refractivity contribution is 6.05. The van der Waals surface area contributed by atoms with Gasteiger partial charge in [-0.1, -0.05) is 6.92 Å². The Kier molecular flexibility index (Phi) is 3.62. The van der Waals surface area contributed by atoms with Crippen LogP contribution in [-0.2, 0) is 19.1 Å². The molecular weight excluding hydrogens is 222 g/mol. The highest BCUT2D eigenvalue weighted by atomic mass is 19.3. The lowest BCUT2D eigenvalue weighted by atomic mass is 9.89. The topological polar surface area (TPSA) is 52.6 Å². The number of hydrogen-bond acceptors (Lipinski definition) is 4. The van der Waals surface area contributed by atoms with Crippen molar-refractivity contribution in [1.82, 2.24) is 0 Å². The summed E-state index contributed by atoms with van der Waals surface area (Å²) in [6.45, 7) is 4.09. The van der Waals surface area contributed by atoms with Gasteiger partial charge in [0.1, 0.15) is 5.60 Å². The minimum absolute atomic E-state index is 0.0751. The number of ether oxygens (including phenoxy) is 2. The standard InChI is InChI=1S/C10H14F2O4/c1-4-15-8(14)7-6(13)5(2)10(3,16-7)9(11)12/h5,7,9H,4H2,1-3H3. The second kappa shape index (κ2) is 4.45. The van der Waals surface area contributed by atoms with Gasteiger partial charge in [0.2, 0.25) is 6.10 Å². The van der Waals surface area contributed by atoms with Crippen molar-refractivity contribution in [3.05, 3.63) is 0 Å². The third kappa shape index (κ3) is 1.93. The van der Waals surface area contributed by atoms with Gasteiger partial charge < -0.3 is 9.47 Å². The van der Waals surface area contributed by atoms with Crippen molar-refractivity contribution < 1.29 is 27.8 Å². The first-order valence-electron chi connectivity index (χ1n) is 5.01. The number of carbonyl (C=O) groups is 2. The zero-order valence-electron chi connectivity index (χ0n) is 9.33. The first-order chi connectivity index (χ1) is 7.34. The lowest BCUT2D eigenvalue weighted by molar-refractivity contribution is -0.173. The van der Waals surface area contributed by atoms with Gasteiger partial charge in [0, 0.05) is 0 Å². The van der Waals surface area contributed by atoms with Crippen molar-refractivity contribution in [2.45, 2.75) is 38.9 Å². The van der Waals surface area contributed by atoms with E-state index in [4.69, 9.17) is 4.74 Å². The number of carbonyl (C=O) groups excluding carboxylic acids is 2. The van der Waals surface area contributed by atoms with Crippen LogP contribution in [0.5, 0.6) is 0 Å². The van der Waals surface area contributed by atoms with Gasteiger partial charge in [-0.25, -0.2) is 13.6 Å². The molecule has 1 fully saturated rings. The summed E-state index contributed by atoms with van der Waals surface area (Å²) in [5, 5.41) is 0. The molecule has 0 aromatic carbocycles. The van der Waals surface area contributed by atoms with Gasteiger partial charge >= 0.3 is 5.97 Å². The van der Waals surface area contributed by atoms with Crippen LogP contribution in [0.25, 0.3) is 0 Å². The average Bonchev–Trinajstić information content (AvgIpc) is 2.44. The van der Waals surface area contributed by atoms with Gasteiger partial charge in [0.25, 0.3) is 6.43 Å². The highest BCUT2D eigenvalue weighted by Crippen LogP contribution is 2.38. The van der Waals surface area contributed by atoms with E-state index in [1.54, 1.807) is 6.92 Å². The summed E-state index contributed by atoms with van der Waals surface area (Å²) in [7, 11) is 0. The van der Waals surface area contributed by atoms with Crippen molar-refractivity contribution >= 4 is 11.8 Å². The molecule has 0 amide bonds. The van der Waals surface area contributed by atoms with E-state index in [2.05, 4.69) is 4.74 Å². The Morgan fingerprint density at radius 2 is 2.19 bits per heavy atom. The number of rotatable bonds is 3. The molecule has 1 aliphatic rings. The van der Waals surface area contributed by atoms with Gasteiger partial charge in [0.05, 0.1) is 12.5 Å². The fourth-order valence-corrected chi connectivity index (χ4v) is 1.55. The van der Waals surface area contributed by atoms with Crippen LogP contribution in [-0.4, -0.2) is 36.5 Å². The summed E-state index contributed by atoms with van der Waals surface area (Å²) >= 11 is 0. The summed E-state index contributed by atoms with van der Waals surface area (Å²) in [5.41, 5.74) is -1.91. The Bertz CT molecular complexity index is 305. The smallest absolute Gasteiger partial charge is 0.343 e. The van der Waals surface area contributed by atoms with E-state index in [-0.39, 0.29) is 6.61 Å². The number of ketones is 1. The van der Waals surface area contributed by atoms with Crippen LogP contribution in [0.1, 0.15) is 20.8 Å². The molecule has 1 aliphatic heterocycles. The van der Waals surface area contributed by atoms with E-state index < -0.39 is 35.8 Å². The molecule has 0 N–H and O–H groups in total. The van der Waals surface area contributed by atoms with Crippen LogP contribution < -0.4 is 0 Å². The third-order valence-electron chi connectivity index (χ3n) is 2.85. The molecule has 0 bridgehead atoms.